The molecule has 106 valence electrons. The van der Waals surface area contributed by atoms with E-state index in [1.54, 1.807) is 0 Å². The van der Waals surface area contributed by atoms with Gasteiger partial charge in [0, 0.05) is 17.7 Å². The molecule has 0 bridgehead atoms. The summed E-state index contributed by atoms with van der Waals surface area (Å²) in [6.45, 7) is 0. The SMILES string of the molecule is Nc1ccc(C(=O)NC2CC(C(=O)O)C2)cc1[N+](=O)[O-]. The number of nitrogens with two attached hydrogens (primary N) is 1. The lowest BCUT2D eigenvalue weighted by Gasteiger charge is -2.32. The van der Waals surface area contributed by atoms with E-state index in [2.05, 4.69) is 5.32 Å². The molecule has 1 aliphatic rings. The third-order valence-corrected chi connectivity index (χ3v) is 3.31. The largest absolute Gasteiger partial charge is 0.481 e. The van der Waals surface area contributed by atoms with Gasteiger partial charge in [-0.25, -0.2) is 0 Å². The summed E-state index contributed by atoms with van der Waals surface area (Å²) in [5, 5.41) is 22.1. The Morgan fingerprint density at radius 3 is 2.60 bits per heavy atom. The Kier molecular flexibility index (Phi) is 3.55. The Balaban J connectivity index is 2.02. The highest BCUT2D eigenvalue weighted by Crippen LogP contribution is 2.28. The zero-order chi connectivity index (χ0) is 14.9. The van der Waals surface area contributed by atoms with Crippen molar-refractivity contribution in [2.24, 2.45) is 5.92 Å². The van der Waals surface area contributed by atoms with Crippen LogP contribution in [0.4, 0.5) is 11.4 Å². The monoisotopic (exact) mass is 279 g/mol. The maximum absolute atomic E-state index is 11.9. The molecule has 20 heavy (non-hydrogen) atoms. The quantitative estimate of drug-likeness (QED) is 0.423. The molecule has 0 spiro atoms. The van der Waals surface area contributed by atoms with Gasteiger partial charge in [-0.15, -0.1) is 0 Å². The predicted octanol–water partition coefficient (Wildman–Crippen LogP) is 0.770. The van der Waals surface area contributed by atoms with Gasteiger partial charge in [-0.2, -0.15) is 0 Å². The number of carboxylic acid groups (broad SMARTS) is 1. The van der Waals surface area contributed by atoms with Gasteiger partial charge in [0.25, 0.3) is 11.6 Å². The van der Waals surface area contributed by atoms with Crippen LogP contribution in [0.1, 0.15) is 23.2 Å². The van der Waals surface area contributed by atoms with Crippen molar-refractivity contribution in [3.05, 3.63) is 33.9 Å². The zero-order valence-electron chi connectivity index (χ0n) is 10.4. The number of benzene rings is 1. The topological polar surface area (TPSA) is 136 Å². The van der Waals surface area contributed by atoms with Crippen molar-refractivity contribution in [1.29, 1.82) is 0 Å². The molecule has 0 aromatic heterocycles. The van der Waals surface area contributed by atoms with Crippen LogP contribution in [0.15, 0.2) is 18.2 Å². The summed E-state index contributed by atoms with van der Waals surface area (Å²) in [7, 11) is 0. The van der Waals surface area contributed by atoms with E-state index in [0.29, 0.717) is 12.8 Å². The minimum Gasteiger partial charge on any atom is -0.481 e. The molecule has 8 nitrogen and oxygen atoms in total. The van der Waals surface area contributed by atoms with Gasteiger partial charge in [0.1, 0.15) is 5.69 Å². The highest BCUT2D eigenvalue weighted by molar-refractivity contribution is 5.96. The van der Waals surface area contributed by atoms with E-state index in [4.69, 9.17) is 10.8 Å². The molecule has 4 N–H and O–H groups in total. The van der Waals surface area contributed by atoms with Gasteiger partial charge in [-0.3, -0.25) is 19.7 Å². The number of nitro benzene ring substituents is 1. The maximum Gasteiger partial charge on any atom is 0.306 e. The van der Waals surface area contributed by atoms with Crippen LogP contribution in [-0.2, 0) is 4.79 Å². The number of nitrogens with zero attached hydrogens (tertiary/aromatic N) is 1. The summed E-state index contributed by atoms with van der Waals surface area (Å²) in [5.74, 6) is -1.78. The van der Waals surface area contributed by atoms with E-state index in [-0.39, 0.29) is 23.0 Å². The number of nitro groups is 1. The molecular weight excluding hydrogens is 266 g/mol. The molecule has 0 aliphatic heterocycles. The zero-order valence-corrected chi connectivity index (χ0v) is 10.4. The second kappa shape index (κ2) is 5.16. The summed E-state index contributed by atoms with van der Waals surface area (Å²) in [5.41, 5.74) is 5.23. The maximum atomic E-state index is 11.9. The number of aliphatic carboxylic acids is 1. The van der Waals surface area contributed by atoms with E-state index in [1.165, 1.54) is 12.1 Å². The first kappa shape index (κ1) is 13.8. The molecule has 2 rings (SSSR count). The molecule has 0 atom stereocenters. The molecule has 1 fully saturated rings. The van der Waals surface area contributed by atoms with Crippen LogP contribution in [0, 0.1) is 16.0 Å². The summed E-state index contributed by atoms with van der Waals surface area (Å²) >= 11 is 0. The normalized spacial score (nSPS) is 20.8. The fourth-order valence-electron chi connectivity index (χ4n) is 2.05. The molecule has 1 amide bonds. The molecule has 0 saturated heterocycles. The van der Waals surface area contributed by atoms with Crippen LogP contribution in [-0.4, -0.2) is 27.9 Å². The van der Waals surface area contributed by atoms with Crippen molar-refractivity contribution in [3.63, 3.8) is 0 Å². The van der Waals surface area contributed by atoms with Gasteiger partial charge < -0.3 is 16.2 Å². The first-order valence-corrected chi connectivity index (χ1v) is 5.96. The summed E-state index contributed by atoms with van der Waals surface area (Å²) in [4.78, 5) is 32.6. The number of amides is 1. The number of hydrogen-bond donors (Lipinski definition) is 3. The third kappa shape index (κ3) is 2.68. The standard InChI is InChI=1S/C12H13N3O5/c13-9-2-1-6(5-10(9)15(19)20)11(16)14-8-3-7(4-8)12(17)18/h1-2,5,7-8H,3-4,13H2,(H,14,16)(H,17,18). The van der Waals surface area contributed by atoms with E-state index in [0.717, 1.165) is 6.07 Å². The molecule has 0 heterocycles. The lowest BCUT2D eigenvalue weighted by Crippen LogP contribution is -2.46. The average Bonchev–Trinajstić information content (AvgIpc) is 2.32. The highest BCUT2D eigenvalue weighted by Gasteiger charge is 2.35. The first-order chi connectivity index (χ1) is 9.38. The van der Waals surface area contributed by atoms with Crippen molar-refractivity contribution in [2.45, 2.75) is 18.9 Å². The van der Waals surface area contributed by atoms with Crippen LogP contribution < -0.4 is 11.1 Å². The lowest BCUT2D eigenvalue weighted by atomic mass is 9.80. The van der Waals surface area contributed by atoms with Crippen LogP contribution >= 0.6 is 0 Å². The van der Waals surface area contributed by atoms with Crippen LogP contribution in [0.3, 0.4) is 0 Å². The second-order valence-corrected chi connectivity index (χ2v) is 4.71. The van der Waals surface area contributed by atoms with E-state index < -0.39 is 22.7 Å². The smallest absolute Gasteiger partial charge is 0.306 e. The van der Waals surface area contributed by atoms with E-state index >= 15 is 0 Å². The number of anilines is 1. The van der Waals surface area contributed by atoms with Crippen molar-refractivity contribution < 1.29 is 19.6 Å². The summed E-state index contributed by atoms with van der Waals surface area (Å²) in [6.07, 6.45) is 0.746. The number of rotatable bonds is 4. The Morgan fingerprint density at radius 1 is 1.40 bits per heavy atom. The van der Waals surface area contributed by atoms with Crippen molar-refractivity contribution in [3.8, 4) is 0 Å². The Labute approximate surface area is 113 Å². The van der Waals surface area contributed by atoms with Crippen LogP contribution in [0.25, 0.3) is 0 Å². The van der Waals surface area contributed by atoms with Crippen LogP contribution in [0.5, 0.6) is 0 Å². The summed E-state index contributed by atoms with van der Waals surface area (Å²) < 4.78 is 0. The Morgan fingerprint density at radius 2 is 2.05 bits per heavy atom. The Hall–Kier alpha value is -2.64. The molecule has 1 aromatic carbocycles. The van der Waals surface area contributed by atoms with Gasteiger partial charge in [-0.05, 0) is 25.0 Å². The van der Waals surface area contributed by atoms with Gasteiger partial charge in [0.2, 0.25) is 0 Å². The minimum absolute atomic E-state index is 0.0128. The van der Waals surface area contributed by atoms with Crippen molar-refractivity contribution in [2.75, 3.05) is 5.73 Å². The molecule has 0 unspecified atom stereocenters. The summed E-state index contributed by atoms with van der Waals surface area (Å²) in [6, 6.07) is 3.59. The fourth-order valence-corrected chi connectivity index (χ4v) is 2.05. The molecule has 8 heteroatoms. The minimum atomic E-state index is -0.876. The third-order valence-electron chi connectivity index (χ3n) is 3.31. The van der Waals surface area contributed by atoms with Gasteiger partial charge >= 0.3 is 5.97 Å². The van der Waals surface area contributed by atoms with Crippen molar-refractivity contribution in [1.82, 2.24) is 5.32 Å². The number of nitrogen functional groups attached to an aromatic ring is 1. The number of nitrogens with one attached hydrogen (secondary N) is 1. The predicted molar refractivity (Wildman–Crippen MR) is 69.1 cm³/mol. The fraction of sp³-hybridized carbons (Fsp3) is 0.333. The van der Waals surface area contributed by atoms with Crippen molar-refractivity contribution >= 4 is 23.3 Å². The molecule has 1 aromatic rings. The second-order valence-electron chi connectivity index (χ2n) is 4.71. The van der Waals surface area contributed by atoms with Gasteiger partial charge in [0.05, 0.1) is 10.8 Å². The number of carbonyl (C=O) groups is 2. The van der Waals surface area contributed by atoms with Gasteiger partial charge in [-0.1, -0.05) is 0 Å². The Bertz CT molecular complexity index is 580. The highest BCUT2D eigenvalue weighted by atomic mass is 16.6. The van der Waals surface area contributed by atoms with Crippen LogP contribution in [0.2, 0.25) is 0 Å². The van der Waals surface area contributed by atoms with E-state index in [9.17, 15) is 19.7 Å². The lowest BCUT2D eigenvalue weighted by molar-refractivity contribution is -0.383. The number of carbonyl (C=O) groups excluding carboxylic acids is 1. The molecular formula is C12H13N3O5. The average molecular weight is 279 g/mol. The van der Waals surface area contributed by atoms with E-state index in [1.807, 2.05) is 0 Å². The molecule has 1 aliphatic carbocycles. The molecule has 1 saturated carbocycles. The number of hydrogen-bond acceptors (Lipinski definition) is 5. The number of carboxylic acids is 1. The molecule has 0 radical (unpaired) electrons. The first-order valence-electron chi connectivity index (χ1n) is 5.96. The van der Waals surface area contributed by atoms with Gasteiger partial charge in [0.15, 0.2) is 0 Å².